The van der Waals surface area contributed by atoms with Gasteiger partial charge in [0, 0.05) is 36.0 Å². The number of amides is 2. The van der Waals surface area contributed by atoms with Crippen molar-refractivity contribution < 1.29 is 9.59 Å². The van der Waals surface area contributed by atoms with Crippen molar-refractivity contribution in [3.8, 4) is 0 Å². The van der Waals surface area contributed by atoms with E-state index in [1.54, 1.807) is 0 Å². The van der Waals surface area contributed by atoms with Crippen LogP contribution in [-0.4, -0.2) is 34.3 Å². The number of nitrogens with zero attached hydrogens (tertiary/aromatic N) is 4. The lowest BCUT2D eigenvalue weighted by Crippen LogP contribution is -2.44. The van der Waals surface area contributed by atoms with Crippen LogP contribution in [0.2, 0.25) is 0 Å². The molecule has 0 fully saturated rings. The molecule has 2 atom stereocenters. The fraction of sp³-hybridized carbons (Fsp3) is 0.762. The van der Waals surface area contributed by atoms with Gasteiger partial charge in [-0.15, -0.1) is 16.2 Å². The maximum atomic E-state index is 13.0. The maximum Gasteiger partial charge on any atom is 0.335 e. The summed E-state index contributed by atoms with van der Waals surface area (Å²) in [4.78, 5) is 52.5. The number of unbranched alkanes of at least 4 members (excludes halogenated alkanes) is 4. The first kappa shape index (κ1) is 26.0. The lowest BCUT2D eigenvalue weighted by molar-refractivity contribution is -0.135. The molecule has 0 aliphatic heterocycles. The zero-order valence-electron chi connectivity index (χ0n) is 18.5. The van der Waals surface area contributed by atoms with Crippen LogP contribution in [0.15, 0.2) is 15.7 Å². The lowest BCUT2D eigenvalue weighted by atomic mass is 9.94. The standard InChI is InChI=1S/C21H34N4O4S/c1-5-7-9-10-12-25(19(26)11-8-6-2)18(15(3)4)13-16(23-28)21-22-17(14-30-21)20(27)24-29/h14-16,18H,5-13H2,1-4H3. The summed E-state index contributed by atoms with van der Waals surface area (Å²) >= 11 is 1.11. The number of hydrogen-bond acceptors (Lipinski definition) is 7. The van der Waals surface area contributed by atoms with Crippen LogP contribution in [0, 0.1) is 15.7 Å². The number of nitroso groups, excluding NO2 is 2. The summed E-state index contributed by atoms with van der Waals surface area (Å²) in [5.74, 6) is -0.726. The van der Waals surface area contributed by atoms with Crippen LogP contribution in [0.5, 0.6) is 0 Å². The molecule has 0 saturated heterocycles. The second-order valence-corrected chi connectivity index (χ2v) is 8.78. The van der Waals surface area contributed by atoms with Gasteiger partial charge >= 0.3 is 5.91 Å². The molecule has 2 unspecified atom stereocenters. The van der Waals surface area contributed by atoms with Gasteiger partial charge in [0.1, 0.15) is 16.7 Å². The van der Waals surface area contributed by atoms with Crippen LogP contribution in [0.25, 0.3) is 0 Å². The second kappa shape index (κ2) is 14.1. The van der Waals surface area contributed by atoms with E-state index in [1.807, 2.05) is 18.7 Å². The zero-order chi connectivity index (χ0) is 22.5. The monoisotopic (exact) mass is 438 g/mol. The second-order valence-electron chi connectivity index (χ2n) is 7.89. The normalized spacial score (nSPS) is 13.1. The maximum absolute atomic E-state index is 13.0. The van der Waals surface area contributed by atoms with Crippen LogP contribution in [-0.2, 0) is 4.79 Å². The van der Waals surface area contributed by atoms with E-state index in [-0.39, 0.29) is 23.6 Å². The van der Waals surface area contributed by atoms with Gasteiger partial charge in [0.25, 0.3) is 0 Å². The summed E-state index contributed by atoms with van der Waals surface area (Å²) in [7, 11) is 0. The van der Waals surface area contributed by atoms with Crippen molar-refractivity contribution in [2.24, 2.45) is 16.3 Å². The van der Waals surface area contributed by atoms with Gasteiger partial charge in [-0.2, -0.15) is 4.91 Å². The van der Waals surface area contributed by atoms with Crippen molar-refractivity contribution in [1.29, 1.82) is 0 Å². The van der Waals surface area contributed by atoms with Gasteiger partial charge in [0.2, 0.25) is 5.91 Å². The summed E-state index contributed by atoms with van der Waals surface area (Å²) in [6, 6.07) is -0.946. The van der Waals surface area contributed by atoms with Crippen LogP contribution >= 0.6 is 11.3 Å². The van der Waals surface area contributed by atoms with E-state index < -0.39 is 11.9 Å². The highest BCUT2D eigenvalue weighted by atomic mass is 32.1. The molecule has 0 saturated carbocycles. The highest BCUT2D eigenvalue weighted by molar-refractivity contribution is 7.09. The molecule has 1 aromatic heterocycles. The molecule has 8 nitrogen and oxygen atoms in total. The number of aromatic nitrogens is 1. The van der Waals surface area contributed by atoms with E-state index >= 15 is 0 Å². The summed E-state index contributed by atoms with van der Waals surface area (Å²) < 4.78 is 0. The lowest BCUT2D eigenvalue weighted by Gasteiger charge is -2.35. The third-order valence-corrected chi connectivity index (χ3v) is 6.13. The predicted molar refractivity (Wildman–Crippen MR) is 119 cm³/mol. The number of carbonyl (C=O) groups is 2. The summed E-state index contributed by atoms with van der Waals surface area (Å²) in [6.45, 7) is 8.93. The van der Waals surface area contributed by atoms with Gasteiger partial charge in [-0.3, -0.25) is 9.59 Å². The molecular weight excluding hydrogens is 404 g/mol. The van der Waals surface area contributed by atoms with Gasteiger partial charge in [-0.05, 0) is 18.8 Å². The highest BCUT2D eigenvalue weighted by Gasteiger charge is 2.31. The van der Waals surface area contributed by atoms with Crippen LogP contribution < -0.4 is 0 Å². The smallest absolute Gasteiger partial charge is 0.335 e. The third-order valence-electron chi connectivity index (χ3n) is 5.19. The van der Waals surface area contributed by atoms with Crippen molar-refractivity contribution in [3.05, 3.63) is 25.9 Å². The average molecular weight is 439 g/mol. The van der Waals surface area contributed by atoms with Gasteiger partial charge in [0.05, 0.1) is 0 Å². The van der Waals surface area contributed by atoms with E-state index in [4.69, 9.17) is 0 Å². The Balaban J connectivity index is 3.03. The molecule has 2 amide bonds. The fourth-order valence-electron chi connectivity index (χ4n) is 3.42. The van der Waals surface area contributed by atoms with Gasteiger partial charge in [-0.25, -0.2) is 4.98 Å². The molecule has 0 radical (unpaired) electrons. The molecule has 0 bridgehead atoms. The molecule has 0 spiro atoms. The Labute approximate surface area is 182 Å². The van der Waals surface area contributed by atoms with Gasteiger partial charge in [0.15, 0.2) is 0 Å². The third kappa shape index (κ3) is 8.01. The molecule has 168 valence electrons. The molecule has 1 aromatic rings. The Morgan fingerprint density at radius 3 is 2.37 bits per heavy atom. The van der Waals surface area contributed by atoms with Crippen LogP contribution in [0.1, 0.15) is 101 Å². The van der Waals surface area contributed by atoms with Crippen LogP contribution in [0.4, 0.5) is 0 Å². The fourth-order valence-corrected chi connectivity index (χ4v) is 4.25. The summed E-state index contributed by atoms with van der Waals surface area (Å²) in [5, 5.41) is 7.38. The molecule has 0 aliphatic carbocycles. The average Bonchev–Trinajstić information content (AvgIpc) is 3.23. The largest absolute Gasteiger partial charge is 0.339 e. The minimum absolute atomic E-state index is 0.0739. The van der Waals surface area contributed by atoms with Crippen molar-refractivity contribution >= 4 is 23.2 Å². The number of rotatable bonds is 15. The number of hydrogen-bond donors (Lipinski definition) is 0. The number of carbonyl (C=O) groups excluding carboxylic acids is 2. The Kier molecular flexibility index (Phi) is 12.2. The Morgan fingerprint density at radius 2 is 1.80 bits per heavy atom. The highest BCUT2D eigenvalue weighted by Crippen LogP contribution is 2.31. The molecule has 1 heterocycles. The molecule has 0 aromatic carbocycles. The van der Waals surface area contributed by atoms with Crippen molar-refractivity contribution in [2.75, 3.05) is 6.54 Å². The number of thiazole rings is 1. The van der Waals surface area contributed by atoms with E-state index in [0.29, 0.717) is 24.4 Å². The first-order valence-electron chi connectivity index (χ1n) is 10.8. The SMILES string of the molecule is CCCCCCN(C(=O)CCCC)C(CC(N=O)c1nc(C(=O)N=O)cs1)C(C)C. The van der Waals surface area contributed by atoms with Crippen molar-refractivity contribution in [3.63, 3.8) is 0 Å². The quantitative estimate of drug-likeness (QED) is 0.251. The molecule has 9 heteroatoms. The molecule has 1 rings (SSSR count). The Morgan fingerprint density at radius 1 is 1.10 bits per heavy atom. The van der Waals surface area contributed by atoms with Gasteiger partial charge < -0.3 is 4.90 Å². The topological polar surface area (TPSA) is 109 Å². The van der Waals surface area contributed by atoms with E-state index in [2.05, 4.69) is 29.2 Å². The van der Waals surface area contributed by atoms with E-state index in [9.17, 15) is 19.4 Å². The Bertz CT molecular complexity index is 692. The zero-order valence-corrected chi connectivity index (χ0v) is 19.3. The summed E-state index contributed by atoms with van der Waals surface area (Å²) in [5.41, 5.74) is -0.0739. The van der Waals surface area contributed by atoms with Crippen molar-refractivity contribution in [2.45, 2.75) is 91.1 Å². The molecular formula is C21H34N4O4S. The predicted octanol–water partition coefficient (Wildman–Crippen LogP) is 5.87. The molecule has 0 N–H and O–H groups in total. The van der Waals surface area contributed by atoms with Crippen LogP contribution in [0.3, 0.4) is 0 Å². The van der Waals surface area contributed by atoms with E-state index in [1.165, 1.54) is 5.38 Å². The minimum Gasteiger partial charge on any atom is -0.339 e. The van der Waals surface area contributed by atoms with Gasteiger partial charge in [-0.1, -0.05) is 58.6 Å². The minimum atomic E-state index is -0.963. The first-order valence-corrected chi connectivity index (χ1v) is 11.7. The molecule has 30 heavy (non-hydrogen) atoms. The first-order chi connectivity index (χ1) is 14.4. The Hall–Kier alpha value is -2.03. The summed E-state index contributed by atoms with van der Waals surface area (Å²) in [6.07, 6.45) is 6.84. The van der Waals surface area contributed by atoms with E-state index in [0.717, 1.165) is 49.9 Å². The van der Waals surface area contributed by atoms with Crippen molar-refractivity contribution in [1.82, 2.24) is 9.88 Å². The molecule has 0 aliphatic rings.